The van der Waals surface area contributed by atoms with Gasteiger partial charge in [0, 0.05) is 23.8 Å². The lowest BCUT2D eigenvalue weighted by molar-refractivity contribution is 0.0709. The molecule has 1 aliphatic carbocycles. The third-order valence-corrected chi connectivity index (χ3v) is 4.64. The van der Waals surface area contributed by atoms with Crippen LogP contribution in [0.3, 0.4) is 0 Å². The van der Waals surface area contributed by atoms with Crippen molar-refractivity contribution >= 4 is 5.91 Å². The van der Waals surface area contributed by atoms with Crippen molar-refractivity contribution in [3.63, 3.8) is 0 Å². The topological polar surface area (TPSA) is 38.1 Å². The number of carbonyl (C=O) groups is 1. The normalized spacial score (nSPS) is 13.4. The maximum absolute atomic E-state index is 12.9. The van der Waals surface area contributed by atoms with E-state index in [1.54, 1.807) is 0 Å². The number of hydrogen-bond acceptors (Lipinski definition) is 2. The standard InChI is InChI=1S/C19H25N3O/c1-5-21(13(2)3)19(23)18-16-7-6-8-17(16)22(20-18)15-11-9-14(4)10-12-15/h9-13H,5-8H2,1-4H3. The summed E-state index contributed by atoms with van der Waals surface area (Å²) < 4.78 is 1.98. The number of aromatic nitrogens is 2. The van der Waals surface area contributed by atoms with Gasteiger partial charge in [-0.1, -0.05) is 17.7 Å². The van der Waals surface area contributed by atoms with Crippen LogP contribution in [0.1, 0.15) is 54.5 Å². The summed E-state index contributed by atoms with van der Waals surface area (Å²) in [4.78, 5) is 14.8. The molecular weight excluding hydrogens is 286 g/mol. The summed E-state index contributed by atoms with van der Waals surface area (Å²) in [6.07, 6.45) is 3.06. The van der Waals surface area contributed by atoms with Crippen molar-refractivity contribution in [1.29, 1.82) is 0 Å². The summed E-state index contributed by atoms with van der Waals surface area (Å²) in [7, 11) is 0. The Hall–Kier alpha value is -2.10. The molecule has 0 radical (unpaired) electrons. The highest BCUT2D eigenvalue weighted by Gasteiger charge is 2.29. The highest BCUT2D eigenvalue weighted by atomic mass is 16.2. The highest BCUT2D eigenvalue weighted by Crippen LogP contribution is 2.29. The van der Waals surface area contributed by atoms with E-state index in [9.17, 15) is 4.79 Å². The molecule has 0 N–H and O–H groups in total. The lowest BCUT2D eigenvalue weighted by Crippen LogP contribution is -2.37. The van der Waals surface area contributed by atoms with Crippen LogP contribution in [-0.2, 0) is 12.8 Å². The summed E-state index contributed by atoms with van der Waals surface area (Å²) in [5, 5.41) is 4.71. The van der Waals surface area contributed by atoms with Gasteiger partial charge in [-0.05, 0) is 59.1 Å². The Kier molecular flexibility index (Phi) is 4.24. The lowest BCUT2D eigenvalue weighted by Gasteiger charge is -2.24. The quantitative estimate of drug-likeness (QED) is 0.866. The van der Waals surface area contributed by atoms with Gasteiger partial charge in [-0.15, -0.1) is 0 Å². The van der Waals surface area contributed by atoms with E-state index in [4.69, 9.17) is 5.10 Å². The third-order valence-electron chi connectivity index (χ3n) is 4.64. The largest absolute Gasteiger partial charge is 0.335 e. The predicted octanol–water partition coefficient (Wildman–Crippen LogP) is 3.54. The summed E-state index contributed by atoms with van der Waals surface area (Å²) in [6.45, 7) is 8.92. The van der Waals surface area contributed by atoms with Gasteiger partial charge in [-0.2, -0.15) is 5.10 Å². The number of fused-ring (bicyclic) bond motifs is 1. The average Bonchev–Trinajstić information content (AvgIpc) is 3.10. The van der Waals surface area contributed by atoms with Gasteiger partial charge in [-0.25, -0.2) is 4.68 Å². The first-order chi connectivity index (χ1) is 11.0. The van der Waals surface area contributed by atoms with E-state index >= 15 is 0 Å². The molecule has 0 saturated carbocycles. The van der Waals surface area contributed by atoms with Crippen LogP contribution < -0.4 is 0 Å². The van der Waals surface area contributed by atoms with Crippen molar-refractivity contribution in [2.24, 2.45) is 0 Å². The molecule has 0 bridgehead atoms. The molecule has 0 unspecified atom stereocenters. The van der Waals surface area contributed by atoms with Crippen molar-refractivity contribution in [2.45, 2.75) is 53.0 Å². The number of rotatable bonds is 4. The van der Waals surface area contributed by atoms with Gasteiger partial charge in [0.2, 0.25) is 0 Å². The smallest absolute Gasteiger partial charge is 0.274 e. The van der Waals surface area contributed by atoms with Crippen LogP contribution in [0.25, 0.3) is 5.69 Å². The molecule has 1 aromatic heterocycles. The summed E-state index contributed by atoms with van der Waals surface area (Å²) in [5.74, 6) is 0.0616. The van der Waals surface area contributed by atoms with Gasteiger partial charge < -0.3 is 4.90 Å². The van der Waals surface area contributed by atoms with Gasteiger partial charge in [0.05, 0.1) is 5.69 Å². The molecule has 23 heavy (non-hydrogen) atoms. The van der Waals surface area contributed by atoms with Crippen molar-refractivity contribution in [2.75, 3.05) is 6.54 Å². The summed E-state index contributed by atoms with van der Waals surface area (Å²) >= 11 is 0. The first-order valence-corrected chi connectivity index (χ1v) is 8.51. The Labute approximate surface area is 138 Å². The lowest BCUT2D eigenvalue weighted by atomic mass is 10.1. The molecule has 0 atom stereocenters. The Morgan fingerprint density at radius 1 is 1.26 bits per heavy atom. The molecule has 122 valence electrons. The van der Waals surface area contributed by atoms with E-state index in [0.717, 1.165) is 30.5 Å². The van der Waals surface area contributed by atoms with Gasteiger partial charge in [0.1, 0.15) is 0 Å². The van der Waals surface area contributed by atoms with Gasteiger partial charge in [0.25, 0.3) is 5.91 Å². The second-order valence-corrected chi connectivity index (χ2v) is 6.56. The molecule has 3 rings (SSSR count). The molecule has 0 fully saturated rings. The second kappa shape index (κ2) is 6.19. The van der Waals surface area contributed by atoms with E-state index in [1.807, 2.05) is 16.5 Å². The Bertz CT molecular complexity index is 713. The van der Waals surface area contributed by atoms with Crippen molar-refractivity contribution in [3.8, 4) is 5.69 Å². The molecule has 1 aliphatic rings. The zero-order valence-corrected chi connectivity index (χ0v) is 14.5. The minimum atomic E-state index is 0.0616. The van der Waals surface area contributed by atoms with Crippen molar-refractivity contribution < 1.29 is 4.79 Å². The fourth-order valence-electron chi connectivity index (χ4n) is 3.39. The van der Waals surface area contributed by atoms with Crippen LogP contribution in [0.15, 0.2) is 24.3 Å². The highest BCUT2D eigenvalue weighted by molar-refractivity contribution is 5.94. The molecule has 2 aromatic rings. The van der Waals surface area contributed by atoms with Crippen LogP contribution in [0, 0.1) is 6.92 Å². The Balaban J connectivity index is 2.05. The maximum Gasteiger partial charge on any atom is 0.274 e. The number of amides is 1. The summed E-state index contributed by atoms with van der Waals surface area (Å²) in [5.41, 5.74) is 5.27. The van der Waals surface area contributed by atoms with E-state index in [1.165, 1.54) is 11.3 Å². The van der Waals surface area contributed by atoms with Crippen LogP contribution in [0.4, 0.5) is 0 Å². The number of hydrogen-bond donors (Lipinski definition) is 0. The first kappa shape index (κ1) is 15.8. The predicted molar refractivity (Wildman–Crippen MR) is 92.2 cm³/mol. The second-order valence-electron chi connectivity index (χ2n) is 6.56. The maximum atomic E-state index is 12.9. The molecule has 0 spiro atoms. The van der Waals surface area contributed by atoms with Gasteiger partial charge >= 0.3 is 0 Å². The fraction of sp³-hybridized carbons (Fsp3) is 0.474. The molecule has 1 heterocycles. The van der Waals surface area contributed by atoms with Crippen LogP contribution in [0.5, 0.6) is 0 Å². The molecule has 4 nitrogen and oxygen atoms in total. The minimum absolute atomic E-state index is 0.0616. The zero-order chi connectivity index (χ0) is 16.6. The van der Waals surface area contributed by atoms with Crippen LogP contribution in [0.2, 0.25) is 0 Å². The Morgan fingerprint density at radius 2 is 1.96 bits per heavy atom. The van der Waals surface area contributed by atoms with Crippen LogP contribution >= 0.6 is 0 Å². The van der Waals surface area contributed by atoms with E-state index in [-0.39, 0.29) is 11.9 Å². The van der Waals surface area contributed by atoms with E-state index < -0.39 is 0 Å². The van der Waals surface area contributed by atoms with E-state index in [0.29, 0.717) is 12.2 Å². The molecule has 1 aromatic carbocycles. The zero-order valence-electron chi connectivity index (χ0n) is 14.5. The fourth-order valence-corrected chi connectivity index (χ4v) is 3.39. The number of carbonyl (C=O) groups excluding carboxylic acids is 1. The number of nitrogens with zero attached hydrogens (tertiary/aromatic N) is 3. The van der Waals surface area contributed by atoms with Crippen molar-refractivity contribution in [1.82, 2.24) is 14.7 Å². The van der Waals surface area contributed by atoms with Crippen molar-refractivity contribution in [3.05, 3.63) is 46.8 Å². The number of benzene rings is 1. The summed E-state index contributed by atoms with van der Waals surface area (Å²) in [6, 6.07) is 8.53. The molecular formula is C19H25N3O. The Morgan fingerprint density at radius 3 is 2.57 bits per heavy atom. The van der Waals surface area contributed by atoms with E-state index in [2.05, 4.69) is 45.0 Å². The molecule has 0 saturated heterocycles. The molecule has 4 heteroatoms. The SMILES string of the molecule is CCN(C(=O)c1nn(-c2ccc(C)cc2)c2c1CCC2)C(C)C. The third kappa shape index (κ3) is 2.78. The van der Waals surface area contributed by atoms with Crippen LogP contribution in [-0.4, -0.2) is 33.2 Å². The monoisotopic (exact) mass is 311 g/mol. The first-order valence-electron chi connectivity index (χ1n) is 8.51. The minimum Gasteiger partial charge on any atom is -0.335 e. The van der Waals surface area contributed by atoms with Gasteiger partial charge in [0.15, 0.2) is 5.69 Å². The van der Waals surface area contributed by atoms with Gasteiger partial charge in [-0.3, -0.25) is 4.79 Å². The molecule has 1 amide bonds. The molecule has 0 aliphatic heterocycles. The average molecular weight is 311 g/mol. The number of aryl methyl sites for hydroxylation is 1.